The Labute approximate surface area is 188 Å². The van der Waals surface area contributed by atoms with E-state index in [2.05, 4.69) is 0 Å². The Morgan fingerprint density at radius 1 is 1.06 bits per heavy atom. The quantitative estimate of drug-likeness (QED) is 0.589. The normalized spacial score (nSPS) is 23.6. The van der Waals surface area contributed by atoms with Crippen LogP contribution in [-0.4, -0.2) is 31.9 Å². The highest BCUT2D eigenvalue weighted by Gasteiger charge is 2.46. The van der Waals surface area contributed by atoms with Crippen LogP contribution in [0.5, 0.6) is 11.5 Å². The lowest BCUT2D eigenvalue weighted by Gasteiger charge is -2.45. The molecule has 2 aliphatic heterocycles. The summed E-state index contributed by atoms with van der Waals surface area (Å²) >= 11 is 6.35. The molecule has 1 saturated carbocycles. The Morgan fingerprint density at radius 3 is 2.42 bits per heavy atom. The summed E-state index contributed by atoms with van der Waals surface area (Å²) in [6.07, 6.45) is 2.59. The van der Waals surface area contributed by atoms with E-state index in [1.807, 2.05) is 49.4 Å². The summed E-state index contributed by atoms with van der Waals surface area (Å²) in [4.78, 5) is 15.6. The first kappa shape index (κ1) is 20.8. The molecule has 0 radical (unpaired) electrons. The van der Waals surface area contributed by atoms with Crippen LogP contribution in [-0.2, 0) is 16.3 Å². The molecule has 164 valence electrons. The molecule has 0 saturated heterocycles. The van der Waals surface area contributed by atoms with Gasteiger partial charge in [0.05, 0.1) is 22.8 Å². The number of anilines is 2. The van der Waals surface area contributed by atoms with Gasteiger partial charge in [-0.15, -0.1) is 0 Å². The van der Waals surface area contributed by atoms with Crippen molar-refractivity contribution in [1.29, 1.82) is 0 Å². The summed E-state index contributed by atoms with van der Waals surface area (Å²) in [5, 5.41) is 0.864. The molecule has 1 aliphatic carbocycles. The van der Waals surface area contributed by atoms with E-state index in [1.165, 1.54) is 6.42 Å². The number of fused-ring (bicyclic) bond motifs is 2. The molecule has 0 aromatic heterocycles. The topological polar surface area (TPSA) is 51.2 Å². The van der Waals surface area contributed by atoms with Gasteiger partial charge in [-0.3, -0.25) is 4.90 Å². The van der Waals surface area contributed by atoms with Gasteiger partial charge in [0, 0.05) is 12.6 Å². The van der Waals surface area contributed by atoms with Crippen molar-refractivity contribution in [2.75, 3.05) is 29.3 Å². The zero-order valence-corrected chi connectivity index (χ0v) is 19.4. The van der Waals surface area contributed by atoms with Gasteiger partial charge in [0.2, 0.25) is 0 Å². The molecule has 31 heavy (non-hydrogen) atoms. The van der Waals surface area contributed by atoms with Crippen LogP contribution in [0.15, 0.2) is 42.5 Å². The first-order valence-electron chi connectivity index (χ1n) is 11.0. The van der Waals surface area contributed by atoms with E-state index in [4.69, 9.17) is 25.8 Å². The Balaban J connectivity index is 1.70. The van der Waals surface area contributed by atoms with Crippen molar-refractivity contribution in [2.45, 2.75) is 45.1 Å². The number of carbonyl (C=O) groups excluding carboxylic acids is 1. The number of urea groups is 1. The summed E-state index contributed by atoms with van der Waals surface area (Å²) in [5.74, 6) is 1.33. The highest BCUT2D eigenvalue weighted by atomic mass is 32.4. The summed E-state index contributed by atoms with van der Waals surface area (Å²) in [6, 6.07) is 13.4. The molecule has 5 rings (SSSR count). The number of hydrogen-bond donors (Lipinski definition) is 0. The summed E-state index contributed by atoms with van der Waals surface area (Å²) < 4.78 is 20.2. The van der Waals surface area contributed by atoms with Crippen LogP contribution in [0.1, 0.15) is 39.0 Å². The van der Waals surface area contributed by atoms with Gasteiger partial charge in [-0.25, -0.2) is 9.46 Å². The number of rotatable bonds is 4. The van der Waals surface area contributed by atoms with E-state index in [9.17, 15) is 4.79 Å². The van der Waals surface area contributed by atoms with Gasteiger partial charge in [0.15, 0.2) is 17.9 Å². The number of carbonyl (C=O) groups is 1. The standard InChI is InChI=1S/C23H27N2O4PS/c1-2-24-19-15-20-21(28-14-13-27-20)16-22(19)30(31,29-18-11-7-4-8-12-18)25(23(24)26)17-9-5-3-6-10-17/h3,5-6,9-10,15-16,18H,2,4,7-8,11-14H2,1H3. The molecule has 2 aromatic rings. The van der Waals surface area contributed by atoms with Crippen molar-refractivity contribution in [3.8, 4) is 11.5 Å². The molecule has 3 aliphatic rings. The number of amides is 2. The van der Waals surface area contributed by atoms with Crippen molar-refractivity contribution in [3.05, 3.63) is 42.5 Å². The molecule has 0 spiro atoms. The van der Waals surface area contributed by atoms with Gasteiger partial charge in [-0.1, -0.05) is 37.5 Å². The van der Waals surface area contributed by atoms with Crippen molar-refractivity contribution >= 4 is 40.9 Å². The van der Waals surface area contributed by atoms with Crippen molar-refractivity contribution in [3.63, 3.8) is 0 Å². The lowest BCUT2D eigenvalue weighted by atomic mass is 9.98. The van der Waals surface area contributed by atoms with Crippen LogP contribution in [0.4, 0.5) is 16.2 Å². The Bertz CT molecular complexity index is 1030. The molecule has 8 heteroatoms. The van der Waals surface area contributed by atoms with E-state index in [0.29, 0.717) is 31.3 Å². The van der Waals surface area contributed by atoms with Gasteiger partial charge in [0.1, 0.15) is 13.2 Å². The average molecular weight is 459 g/mol. The SMILES string of the molecule is CCN1C(=O)N(c2ccccc2)P(=S)(OC2CCCCC2)c2cc3c(cc21)OCCO3. The van der Waals surface area contributed by atoms with E-state index in [-0.39, 0.29) is 12.1 Å². The lowest BCUT2D eigenvalue weighted by molar-refractivity contribution is 0.170. The van der Waals surface area contributed by atoms with Crippen LogP contribution in [0.3, 0.4) is 0 Å². The molecule has 2 amide bonds. The first-order chi connectivity index (χ1) is 15.1. The maximum Gasteiger partial charge on any atom is 0.334 e. The number of nitrogens with zero attached hydrogens (tertiary/aromatic N) is 2. The second-order valence-electron chi connectivity index (χ2n) is 8.04. The Hall–Kier alpha value is -2.08. The molecule has 2 aromatic carbocycles. The smallest absolute Gasteiger partial charge is 0.334 e. The Morgan fingerprint density at radius 2 is 1.74 bits per heavy atom. The predicted octanol–water partition coefficient (Wildman–Crippen LogP) is 5.21. The third-order valence-electron chi connectivity index (χ3n) is 6.07. The number of para-hydroxylation sites is 1. The fourth-order valence-electron chi connectivity index (χ4n) is 4.56. The highest BCUT2D eigenvalue weighted by Crippen LogP contribution is 2.60. The van der Waals surface area contributed by atoms with Crippen LogP contribution < -0.4 is 24.3 Å². The maximum atomic E-state index is 13.8. The Kier molecular flexibility index (Phi) is 5.67. The van der Waals surface area contributed by atoms with Crippen molar-refractivity contribution in [1.82, 2.24) is 0 Å². The zero-order chi connectivity index (χ0) is 21.4. The van der Waals surface area contributed by atoms with Gasteiger partial charge >= 0.3 is 6.03 Å². The van der Waals surface area contributed by atoms with Gasteiger partial charge in [-0.2, -0.15) is 0 Å². The molecule has 6 nitrogen and oxygen atoms in total. The summed E-state index contributed by atoms with van der Waals surface area (Å²) in [6.45, 7) is 3.48. The van der Waals surface area contributed by atoms with Gasteiger partial charge in [0.25, 0.3) is 0 Å². The monoisotopic (exact) mass is 458 g/mol. The molecular weight excluding hydrogens is 431 g/mol. The first-order valence-corrected chi connectivity index (χ1v) is 13.7. The third kappa shape index (κ3) is 3.63. The van der Waals surface area contributed by atoms with Crippen LogP contribution in [0.25, 0.3) is 0 Å². The number of hydrogen-bond acceptors (Lipinski definition) is 5. The second kappa shape index (κ2) is 8.45. The van der Waals surface area contributed by atoms with E-state index in [1.54, 1.807) is 9.57 Å². The van der Waals surface area contributed by atoms with E-state index < -0.39 is 6.42 Å². The lowest BCUT2D eigenvalue weighted by Crippen LogP contribution is -2.50. The minimum atomic E-state index is -2.92. The van der Waals surface area contributed by atoms with Crippen LogP contribution in [0.2, 0.25) is 0 Å². The van der Waals surface area contributed by atoms with E-state index in [0.717, 1.165) is 42.4 Å². The molecule has 1 fully saturated rings. The molecule has 0 bridgehead atoms. The van der Waals surface area contributed by atoms with Crippen molar-refractivity contribution in [2.24, 2.45) is 0 Å². The molecule has 0 N–H and O–H groups in total. The second-order valence-corrected chi connectivity index (χ2v) is 11.7. The van der Waals surface area contributed by atoms with Gasteiger partial charge < -0.3 is 14.0 Å². The third-order valence-corrected chi connectivity index (χ3v) is 9.89. The minimum absolute atomic E-state index is 0.0628. The molecule has 2 heterocycles. The highest BCUT2D eigenvalue weighted by molar-refractivity contribution is 8.17. The fourth-order valence-corrected chi connectivity index (χ4v) is 8.42. The number of ether oxygens (including phenoxy) is 2. The summed E-state index contributed by atoms with van der Waals surface area (Å²) in [7, 11) is 0. The number of benzene rings is 2. The summed E-state index contributed by atoms with van der Waals surface area (Å²) in [5.41, 5.74) is 1.55. The van der Waals surface area contributed by atoms with Crippen molar-refractivity contribution < 1.29 is 18.8 Å². The molecule has 1 atom stereocenters. The maximum absolute atomic E-state index is 13.8. The average Bonchev–Trinajstić information content (AvgIpc) is 2.80. The zero-order valence-electron chi connectivity index (χ0n) is 17.7. The molecule has 1 unspecified atom stereocenters. The van der Waals surface area contributed by atoms with Crippen LogP contribution >= 0.6 is 6.42 Å². The van der Waals surface area contributed by atoms with Gasteiger partial charge in [-0.05, 0) is 49.8 Å². The predicted molar refractivity (Wildman–Crippen MR) is 127 cm³/mol. The van der Waals surface area contributed by atoms with E-state index >= 15 is 0 Å². The van der Waals surface area contributed by atoms with Crippen LogP contribution in [0, 0.1) is 0 Å². The minimum Gasteiger partial charge on any atom is -0.486 e. The molecular formula is C23H27N2O4PS. The largest absolute Gasteiger partial charge is 0.486 e. The fraction of sp³-hybridized carbons (Fsp3) is 0.435.